The molecule has 23 heavy (non-hydrogen) atoms. The number of nitro groups is 1. The average molecular weight is 335 g/mol. The molecule has 0 fully saturated rings. The summed E-state index contributed by atoms with van der Waals surface area (Å²) in [4.78, 5) is 10.2. The molecule has 0 unspecified atom stereocenters. The lowest BCUT2D eigenvalue weighted by atomic mass is 10.1. The predicted molar refractivity (Wildman–Crippen MR) is 86.3 cm³/mol. The van der Waals surface area contributed by atoms with Gasteiger partial charge < -0.3 is 4.18 Å². The SMILES string of the molecule is Cc1cc(S(=O)(=O)Oc2c(C)ccc(C)c2C)ccc1[N+](=O)[O-]. The lowest BCUT2D eigenvalue weighted by Gasteiger charge is -2.14. The first kappa shape index (κ1) is 17.0. The number of aryl methyl sites for hydroxylation is 3. The van der Waals surface area contributed by atoms with E-state index in [-0.39, 0.29) is 16.1 Å². The van der Waals surface area contributed by atoms with Crippen LogP contribution in [0.2, 0.25) is 0 Å². The zero-order valence-corrected chi connectivity index (χ0v) is 14.1. The van der Waals surface area contributed by atoms with E-state index in [2.05, 4.69) is 0 Å². The molecular formula is C16H17NO5S. The molecule has 122 valence electrons. The molecule has 0 saturated heterocycles. The standard InChI is InChI=1S/C16H17NO5S/c1-10-5-6-11(2)16(13(10)4)22-23(20,21)14-7-8-15(17(18)19)12(3)9-14/h5-9H,1-4H3. The quantitative estimate of drug-likeness (QED) is 0.484. The van der Waals surface area contributed by atoms with Gasteiger partial charge in [-0.25, -0.2) is 0 Å². The van der Waals surface area contributed by atoms with Crippen LogP contribution in [-0.4, -0.2) is 13.3 Å². The van der Waals surface area contributed by atoms with E-state index >= 15 is 0 Å². The molecule has 2 aromatic carbocycles. The van der Waals surface area contributed by atoms with Crippen LogP contribution in [-0.2, 0) is 10.1 Å². The van der Waals surface area contributed by atoms with Crippen molar-refractivity contribution in [3.05, 3.63) is 62.7 Å². The highest BCUT2D eigenvalue weighted by Crippen LogP contribution is 2.30. The Bertz CT molecular complexity index is 888. The van der Waals surface area contributed by atoms with Crippen LogP contribution in [0.4, 0.5) is 5.69 Å². The average Bonchev–Trinajstić information content (AvgIpc) is 2.47. The van der Waals surface area contributed by atoms with Crippen molar-refractivity contribution in [1.29, 1.82) is 0 Å². The number of hydrogen-bond acceptors (Lipinski definition) is 5. The molecule has 0 radical (unpaired) electrons. The molecule has 0 aliphatic rings. The minimum Gasteiger partial charge on any atom is -0.378 e. The molecule has 0 bridgehead atoms. The molecule has 0 aliphatic heterocycles. The van der Waals surface area contributed by atoms with Crippen LogP contribution in [0.25, 0.3) is 0 Å². The van der Waals surface area contributed by atoms with Crippen LogP contribution in [0.3, 0.4) is 0 Å². The molecular weight excluding hydrogens is 318 g/mol. The van der Waals surface area contributed by atoms with Gasteiger partial charge in [-0.2, -0.15) is 8.42 Å². The van der Waals surface area contributed by atoms with Crippen LogP contribution in [0.5, 0.6) is 5.75 Å². The minimum absolute atomic E-state index is 0.110. The van der Waals surface area contributed by atoms with Crippen molar-refractivity contribution in [2.24, 2.45) is 0 Å². The number of benzene rings is 2. The van der Waals surface area contributed by atoms with Crippen molar-refractivity contribution in [2.45, 2.75) is 32.6 Å². The van der Waals surface area contributed by atoms with Gasteiger partial charge in [0, 0.05) is 11.6 Å². The summed E-state index contributed by atoms with van der Waals surface area (Å²) in [7, 11) is -4.06. The Hall–Kier alpha value is -2.41. The van der Waals surface area contributed by atoms with E-state index in [1.807, 2.05) is 13.0 Å². The van der Waals surface area contributed by atoms with Gasteiger partial charge in [0.05, 0.1) is 4.92 Å². The molecule has 0 spiro atoms. The Morgan fingerprint density at radius 1 is 0.957 bits per heavy atom. The molecule has 0 atom stereocenters. The van der Waals surface area contributed by atoms with Crippen molar-refractivity contribution in [1.82, 2.24) is 0 Å². The monoisotopic (exact) mass is 335 g/mol. The molecule has 2 aromatic rings. The summed E-state index contributed by atoms with van der Waals surface area (Å²) < 4.78 is 30.2. The van der Waals surface area contributed by atoms with Crippen molar-refractivity contribution < 1.29 is 17.5 Å². The van der Waals surface area contributed by atoms with E-state index in [1.54, 1.807) is 19.9 Å². The highest BCUT2D eigenvalue weighted by atomic mass is 32.2. The number of rotatable bonds is 4. The fourth-order valence-corrected chi connectivity index (χ4v) is 3.33. The van der Waals surface area contributed by atoms with Gasteiger partial charge in [0.25, 0.3) is 5.69 Å². The Labute approximate surface area is 135 Å². The van der Waals surface area contributed by atoms with Crippen molar-refractivity contribution >= 4 is 15.8 Å². The van der Waals surface area contributed by atoms with E-state index in [0.29, 0.717) is 11.3 Å². The maximum atomic E-state index is 12.5. The van der Waals surface area contributed by atoms with E-state index < -0.39 is 15.0 Å². The Balaban J connectivity index is 2.47. The summed E-state index contributed by atoms with van der Waals surface area (Å²) in [6.07, 6.45) is 0. The molecule has 0 saturated carbocycles. The summed E-state index contributed by atoms with van der Waals surface area (Å²) in [5, 5.41) is 10.8. The summed E-state index contributed by atoms with van der Waals surface area (Å²) >= 11 is 0. The van der Waals surface area contributed by atoms with E-state index in [9.17, 15) is 18.5 Å². The van der Waals surface area contributed by atoms with Gasteiger partial charge in [-0.05, 0) is 56.5 Å². The first-order valence-corrected chi connectivity index (χ1v) is 8.30. The Kier molecular flexibility index (Phi) is 4.42. The van der Waals surface area contributed by atoms with Crippen LogP contribution < -0.4 is 4.18 Å². The van der Waals surface area contributed by atoms with Gasteiger partial charge in [0.15, 0.2) is 0 Å². The van der Waals surface area contributed by atoms with E-state index in [1.165, 1.54) is 25.1 Å². The first-order chi connectivity index (χ1) is 10.6. The Morgan fingerprint density at radius 2 is 1.57 bits per heavy atom. The normalized spacial score (nSPS) is 11.3. The number of nitro benzene ring substituents is 1. The summed E-state index contributed by atoms with van der Waals surface area (Å²) in [5.74, 6) is 0.293. The van der Waals surface area contributed by atoms with Crippen LogP contribution in [0, 0.1) is 37.8 Å². The van der Waals surface area contributed by atoms with Gasteiger partial charge in [0.2, 0.25) is 0 Å². The second-order valence-electron chi connectivity index (χ2n) is 5.40. The summed E-state index contributed by atoms with van der Waals surface area (Å²) in [6, 6.07) is 7.27. The third kappa shape index (κ3) is 3.34. The van der Waals surface area contributed by atoms with E-state index in [4.69, 9.17) is 4.18 Å². The third-order valence-corrected chi connectivity index (χ3v) is 4.94. The highest BCUT2D eigenvalue weighted by Gasteiger charge is 2.22. The molecule has 0 heterocycles. The summed E-state index contributed by atoms with van der Waals surface area (Å²) in [6.45, 7) is 6.90. The van der Waals surface area contributed by atoms with Gasteiger partial charge in [-0.15, -0.1) is 0 Å². The number of hydrogen-bond donors (Lipinski definition) is 0. The molecule has 0 amide bonds. The largest absolute Gasteiger partial charge is 0.378 e. The maximum Gasteiger partial charge on any atom is 0.339 e. The van der Waals surface area contributed by atoms with E-state index in [0.717, 1.165) is 11.1 Å². The molecule has 2 rings (SSSR count). The third-order valence-electron chi connectivity index (χ3n) is 3.72. The molecule has 0 N–H and O–H groups in total. The second-order valence-corrected chi connectivity index (χ2v) is 6.94. The Morgan fingerprint density at radius 3 is 2.13 bits per heavy atom. The van der Waals surface area contributed by atoms with Gasteiger partial charge in [0.1, 0.15) is 10.6 Å². The zero-order valence-electron chi connectivity index (χ0n) is 13.3. The number of nitrogens with zero attached hydrogens (tertiary/aromatic N) is 1. The lowest BCUT2D eigenvalue weighted by Crippen LogP contribution is -2.12. The molecule has 0 aliphatic carbocycles. The maximum absolute atomic E-state index is 12.5. The zero-order chi connectivity index (χ0) is 17.4. The van der Waals surface area contributed by atoms with Crippen LogP contribution >= 0.6 is 0 Å². The fraction of sp³-hybridized carbons (Fsp3) is 0.250. The highest BCUT2D eigenvalue weighted by molar-refractivity contribution is 7.87. The van der Waals surface area contributed by atoms with Crippen LogP contribution in [0.15, 0.2) is 35.2 Å². The van der Waals surface area contributed by atoms with Crippen molar-refractivity contribution in [3.8, 4) is 5.75 Å². The van der Waals surface area contributed by atoms with Gasteiger partial charge in [-0.3, -0.25) is 10.1 Å². The molecule has 6 nitrogen and oxygen atoms in total. The topological polar surface area (TPSA) is 86.5 Å². The summed E-state index contributed by atoms with van der Waals surface area (Å²) in [5.41, 5.74) is 2.49. The predicted octanol–water partition coefficient (Wildman–Crippen LogP) is 3.60. The van der Waals surface area contributed by atoms with Gasteiger partial charge in [-0.1, -0.05) is 12.1 Å². The smallest absolute Gasteiger partial charge is 0.339 e. The molecule has 0 aromatic heterocycles. The second kappa shape index (κ2) is 6.00. The lowest BCUT2D eigenvalue weighted by molar-refractivity contribution is -0.385. The van der Waals surface area contributed by atoms with Crippen LogP contribution in [0.1, 0.15) is 22.3 Å². The van der Waals surface area contributed by atoms with Gasteiger partial charge >= 0.3 is 10.1 Å². The fourth-order valence-electron chi connectivity index (χ4n) is 2.20. The first-order valence-electron chi connectivity index (χ1n) is 6.90. The van der Waals surface area contributed by atoms with Crippen molar-refractivity contribution in [3.63, 3.8) is 0 Å². The molecule has 7 heteroatoms. The van der Waals surface area contributed by atoms with Crippen molar-refractivity contribution in [2.75, 3.05) is 0 Å². The minimum atomic E-state index is -4.06.